The van der Waals surface area contributed by atoms with Crippen LogP contribution in [0.5, 0.6) is 0 Å². The predicted octanol–water partition coefficient (Wildman–Crippen LogP) is 12.0. The van der Waals surface area contributed by atoms with Gasteiger partial charge in [-0.25, -0.2) is 0 Å². The number of ketones is 1. The number of Topliss-reactive ketones (excluding diaryl/α,β-unsaturated/α-hetero) is 1. The van der Waals surface area contributed by atoms with Crippen molar-refractivity contribution in [2.45, 2.75) is 169 Å². The molecular formula is C35H58OS2. The van der Waals surface area contributed by atoms with Gasteiger partial charge in [0.15, 0.2) is 0 Å². The molecule has 0 aliphatic rings. The Hall–Kier alpha value is -0.930. The second kappa shape index (κ2) is 20.0. The van der Waals surface area contributed by atoms with E-state index in [-0.39, 0.29) is 5.92 Å². The molecule has 38 heavy (non-hydrogen) atoms. The van der Waals surface area contributed by atoms with Crippen molar-refractivity contribution in [3.63, 3.8) is 0 Å². The minimum atomic E-state index is -0.0545. The predicted molar refractivity (Wildman–Crippen MR) is 173 cm³/mol. The maximum Gasteiger partial charge on any atom is 0.143 e. The van der Waals surface area contributed by atoms with E-state index in [2.05, 4.69) is 38.5 Å². The molecule has 0 amide bonds. The van der Waals surface area contributed by atoms with E-state index < -0.39 is 0 Å². The van der Waals surface area contributed by atoms with Crippen LogP contribution < -0.4 is 0 Å². The van der Waals surface area contributed by atoms with E-state index in [1.54, 1.807) is 11.1 Å². The summed E-state index contributed by atoms with van der Waals surface area (Å²) in [6.45, 7) is 11.0. The standard InChI is InChI=1S/C35H58OS2/c1-6-10-14-18-22-29-26-37-34(31(29)24-20-16-12-8-3)33(28(5)36)35-32(25-21-17-13-9-4)30(27-38-35)23-19-15-11-7-2/h26-27,33H,6-25H2,1-5H3. The molecule has 0 atom stereocenters. The van der Waals surface area contributed by atoms with Gasteiger partial charge in [0.2, 0.25) is 0 Å². The smallest absolute Gasteiger partial charge is 0.143 e. The molecule has 0 bridgehead atoms. The number of thiophene rings is 2. The zero-order chi connectivity index (χ0) is 27.6. The summed E-state index contributed by atoms with van der Waals surface area (Å²) < 4.78 is 0. The number of carbonyl (C=O) groups is 1. The highest BCUT2D eigenvalue weighted by molar-refractivity contribution is 7.12. The van der Waals surface area contributed by atoms with Gasteiger partial charge in [-0.2, -0.15) is 0 Å². The van der Waals surface area contributed by atoms with E-state index in [0.717, 1.165) is 12.8 Å². The van der Waals surface area contributed by atoms with Crippen LogP contribution in [0.1, 0.15) is 175 Å². The molecule has 2 aromatic heterocycles. The fourth-order valence-electron chi connectivity index (χ4n) is 5.77. The highest BCUT2D eigenvalue weighted by Gasteiger charge is 2.29. The van der Waals surface area contributed by atoms with Crippen LogP contribution in [0.3, 0.4) is 0 Å². The van der Waals surface area contributed by atoms with Crippen molar-refractivity contribution >= 4 is 28.5 Å². The van der Waals surface area contributed by atoms with Crippen molar-refractivity contribution < 1.29 is 4.79 Å². The Balaban J connectivity index is 2.39. The summed E-state index contributed by atoms with van der Waals surface area (Å²) in [5, 5.41) is 4.85. The third kappa shape index (κ3) is 10.9. The van der Waals surface area contributed by atoms with Crippen molar-refractivity contribution in [2.75, 3.05) is 0 Å². The van der Waals surface area contributed by atoms with Gasteiger partial charge in [-0.3, -0.25) is 4.79 Å². The molecule has 2 heterocycles. The van der Waals surface area contributed by atoms with Crippen LogP contribution in [0, 0.1) is 0 Å². The summed E-state index contributed by atoms with van der Waals surface area (Å²) in [7, 11) is 0. The average Bonchev–Trinajstić information content (AvgIpc) is 3.49. The average molecular weight is 559 g/mol. The maximum absolute atomic E-state index is 13.4. The zero-order valence-electron chi connectivity index (χ0n) is 25.6. The summed E-state index contributed by atoms with van der Waals surface area (Å²) in [6, 6.07) is 0. The van der Waals surface area contributed by atoms with Crippen LogP contribution >= 0.6 is 22.7 Å². The molecule has 0 saturated carbocycles. The minimum absolute atomic E-state index is 0.0545. The van der Waals surface area contributed by atoms with Gasteiger partial charge in [-0.1, -0.05) is 105 Å². The molecule has 0 aromatic carbocycles. The number of carbonyl (C=O) groups excluding carboxylic acids is 1. The van der Waals surface area contributed by atoms with Crippen LogP contribution in [0.25, 0.3) is 0 Å². The van der Waals surface area contributed by atoms with E-state index in [4.69, 9.17) is 0 Å². The quantitative estimate of drug-likeness (QED) is 0.124. The van der Waals surface area contributed by atoms with Crippen LogP contribution in [0.4, 0.5) is 0 Å². The monoisotopic (exact) mass is 558 g/mol. The molecule has 0 aliphatic carbocycles. The first-order valence-electron chi connectivity index (χ1n) is 16.3. The van der Waals surface area contributed by atoms with E-state index in [1.807, 2.05) is 29.6 Å². The highest BCUT2D eigenvalue weighted by atomic mass is 32.1. The van der Waals surface area contributed by atoms with Gasteiger partial charge < -0.3 is 0 Å². The SMILES string of the molecule is CCCCCCc1csc(C(C(C)=O)c2scc(CCCCCC)c2CCCCCC)c1CCCCCC. The lowest BCUT2D eigenvalue weighted by Crippen LogP contribution is -2.13. The molecule has 0 saturated heterocycles. The summed E-state index contributed by atoms with van der Waals surface area (Å²) in [6.07, 6.45) is 25.4. The summed E-state index contributed by atoms with van der Waals surface area (Å²) >= 11 is 3.79. The van der Waals surface area contributed by atoms with E-state index in [9.17, 15) is 4.79 Å². The Morgan fingerprint density at radius 1 is 0.553 bits per heavy atom. The molecule has 0 radical (unpaired) electrons. The Labute approximate surface area is 244 Å². The second-order valence-corrected chi connectivity index (χ2v) is 13.3. The summed E-state index contributed by atoms with van der Waals surface area (Å²) in [5.41, 5.74) is 6.17. The van der Waals surface area contributed by atoms with E-state index >= 15 is 0 Å². The fourth-order valence-corrected chi connectivity index (χ4v) is 8.50. The Kier molecular flexibility index (Phi) is 17.5. The third-order valence-electron chi connectivity index (χ3n) is 8.12. The molecule has 0 aliphatic heterocycles. The third-order valence-corrected chi connectivity index (χ3v) is 10.4. The first-order chi connectivity index (χ1) is 18.6. The van der Waals surface area contributed by atoms with Crippen molar-refractivity contribution in [1.82, 2.24) is 0 Å². The van der Waals surface area contributed by atoms with Crippen LogP contribution in [0.15, 0.2) is 10.8 Å². The van der Waals surface area contributed by atoms with Crippen LogP contribution in [-0.4, -0.2) is 5.78 Å². The fraction of sp³-hybridized carbons (Fsp3) is 0.743. The van der Waals surface area contributed by atoms with Gasteiger partial charge in [0, 0.05) is 9.75 Å². The van der Waals surface area contributed by atoms with Crippen molar-refractivity contribution in [1.29, 1.82) is 0 Å². The molecule has 0 N–H and O–H groups in total. The summed E-state index contributed by atoms with van der Waals surface area (Å²) in [5.74, 6) is 0.287. The lowest BCUT2D eigenvalue weighted by Gasteiger charge is -2.18. The van der Waals surface area contributed by atoms with Gasteiger partial charge >= 0.3 is 0 Å². The molecule has 3 heteroatoms. The Morgan fingerprint density at radius 2 is 0.895 bits per heavy atom. The normalized spacial score (nSPS) is 11.6. The molecule has 216 valence electrons. The number of rotatable bonds is 23. The highest BCUT2D eigenvalue weighted by Crippen LogP contribution is 2.42. The lowest BCUT2D eigenvalue weighted by molar-refractivity contribution is -0.117. The minimum Gasteiger partial charge on any atom is -0.299 e. The Bertz CT molecular complexity index is 824. The van der Waals surface area contributed by atoms with Gasteiger partial charge in [0.05, 0.1) is 5.92 Å². The first-order valence-corrected chi connectivity index (χ1v) is 18.0. The van der Waals surface area contributed by atoms with Crippen LogP contribution in [0.2, 0.25) is 0 Å². The van der Waals surface area contributed by atoms with E-state index in [0.29, 0.717) is 5.78 Å². The molecule has 0 unspecified atom stereocenters. The van der Waals surface area contributed by atoms with Gasteiger partial charge in [-0.15, -0.1) is 22.7 Å². The van der Waals surface area contributed by atoms with Crippen LogP contribution in [-0.2, 0) is 30.5 Å². The van der Waals surface area contributed by atoms with Gasteiger partial charge in [-0.05, 0) is 91.3 Å². The van der Waals surface area contributed by atoms with Gasteiger partial charge in [0.25, 0.3) is 0 Å². The molecule has 2 rings (SSSR count). The Morgan fingerprint density at radius 3 is 1.21 bits per heavy atom. The van der Waals surface area contributed by atoms with Crippen molar-refractivity contribution in [3.8, 4) is 0 Å². The van der Waals surface area contributed by atoms with Crippen molar-refractivity contribution in [3.05, 3.63) is 42.8 Å². The molecule has 2 aromatic rings. The number of hydrogen-bond donors (Lipinski definition) is 0. The second-order valence-electron chi connectivity index (χ2n) is 11.5. The topological polar surface area (TPSA) is 17.1 Å². The molecule has 0 fully saturated rings. The number of hydrogen-bond acceptors (Lipinski definition) is 3. The lowest BCUT2D eigenvalue weighted by atomic mass is 9.88. The molecular weight excluding hydrogens is 501 g/mol. The number of unbranched alkanes of at least 4 members (excludes halogenated alkanes) is 12. The number of aryl methyl sites for hydroxylation is 2. The zero-order valence-corrected chi connectivity index (χ0v) is 27.2. The van der Waals surface area contributed by atoms with Crippen molar-refractivity contribution in [2.24, 2.45) is 0 Å². The maximum atomic E-state index is 13.4. The largest absolute Gasteiger partial charge is 0.299 e. The van der Waals surface area contributed by atoms with Gasteiger partial charge in [0.1, 0.15) is 5.78 Å². The molecule has 1 nitrogen and oxygen atoms in total. The van der Waals surface area contributed by atoms with E-state index in [1.165, 1.54) is 136 Å². The summed E-state index contributed by atoms with van der Waals surface area (Å²) in [4.78, 5) is 16.2. The molecule has 0 spiro atoms. The first kappa shape index (κ1) is 33.3.